The van der Waals surface area contributed by atoms with Gasteiger partial charge in [0.05, 0.1) is 37.8 Å². The summed E-state index contributed by atoms with van der Waals surface area (Å²) in [5.74, 6) is -17.5. The number of primary amides is 2. The first-order chi connectivity index (χ1) is 65.3. The lowest BCUT2D eigenvalue weighted by Crippen LogP contribution is -2.67. The van der Waals surface area contributed by atoms with Gasteiger partial charge in [-0.2, -0.15) is 0 Å². The Morgan fingerprint density at radius 3 is 1.77 bits per heavy atom. The van der Waals surface area contributed by atoms with E-state index < -0.39 is 222 Å². The van der Waals surface area contributed by atoms with E-state index in [2.05, 4.69) is 78.4 Å². The van der Waals surface area contributed by atoms with Crippen LogP contribution in [0, 0.1) is 11.3 Å². The number of hydrogen-bond donors (Lipinski definition) is 21. The molecule has 0 aliphatic carbocycles. The maximum atomic E-state index is 15.8. The van der Waals surface area contributed by atoms with E-state index >= 15 is 38.4 Å². The number of amides is 16. The van der Waals surface area contributed by atoms with Crippen molar-refractivity contribution in [2.45, 2.75) is 240 Å². The number of fused-ring (bicyclic) bond motifs is 4. The van der Waals surface area contributed by atoms with E-state index in [4.69, 9.17) is 22.6 Å². The van der Waals surface area contributed by atoms with E-state index in [1.165, 1.54) is 69.8 Å². The van der Waals surface area contributed by atoms with Crippen LogP contribution in [0.1, 0.15) is 147 Å². The third-order valence-corrected chi connectivity index (χ3v) is 25.9. The smallest absolute Gasteiger partial charge is 0.246 e. The van der Waals surface area contributed by atoms with Gasteiger partial charge in [0.2, 0.25) is 94.5 Å². The number of imidazole rings is 1. The van der Waals surface area contributed by atoms with Crippen molar-refractivity contribution in [1.29, 1.82) is 5.41 Å². The first-order valence-electron chi connectivity index (χ1n) is 46.0. The third-order valence-electron chi connectivity index (χ3n) is 24.9. The highest BCUT2D eigenvalue weighted by Gasteiger charge is 2.50. The highest BCUT2D eigenvalue weighted by molar-refractivity contribution is 8.00. The van der Waals surface area contributed by atoms with Crippen LogP contribution in [0.2, 0.25) is 0 Å². The monoisotopic (exact) mass is 1920 g/mol. The fourth-order valence-corrected chi connectivity index (χ4v) is 18.0. The fourth-order valence-electron chi connectivity index (χ4n) is 17.1. The molecule has 45 heteroatoms. The first-order valence-corrected chi connectivity index (χ1v) is 47.2. The number of aromatic hydroxyl groups is 1. The second-order valence-electron chi connectivity index (χ2n) is 35.3. The maximum Gasteiger partial charge on any atom is 0.246 e. The van der Waals surface area contributed by atoms with Crippen molar-refractivity contribution >= 4 is 140 Å². The Morgan fingerprint density at radius 2 is 1.17 bits per heavy atom. The third kappa shape index (κ3) is 29.0. The SMILES string of the molecule is CCCC[C@H]1C(=O)N(C)[C@@H](CCCC)C(=O)N[C@@H](CCCNC(=N)N)C(=O)NC(C(=O)N[C@@H](CO)C(N)=O)CSCC(=O)N[C@@H](Cc2ccc(O)cc2)C(=O)N(C)[C@@H](C)C(=O)N[C@@H](CC(N)=O)C(=O)N2CCC[C@H]2C(=O)N[C@@H](Cc2cnc[nH]2)C(=O)N[C@@H](CC(C)C)C(=O)N2CCCC2(C=O)N[C@@H](Cc2c[nH]c3ccccc23)C(=O)N[C@@H](CO)C(=O)N[C@@H](Cc2c[nH]c3ccccc23)C(=O)N1C. The quantitative estimate of drug-likeness (QED) is 0.0104. The minimum atomic E-state index is -2.05. The largest absolute Gasteiger partial charge is 0.508 e. The van der Waals surface area contributed by atoms with Gasteiger partial charge >= 0.3 is 0 Å². The van der Waals surface area contributed by atoms with Crippen LogP contribution in [0.5, 0.6) is 5.75 Å². The van der Waals surface area contributed by atoms with Gasteiger partial charge in [0.1, 0.15) is 84.3 Å². The molecule has 2 unspecified atom stereocenters. The predicted octanol–water partition coefficient (Wildman–Crippen LogP) is -2.54. The number of nitrogens with two attached hydrogens (primary N) is 3. The molecule has 3 aromatic heterocycles. The Labute approximate surface area is 796 Å². The summed E-state index contributed by atoms with van der Waals surface area (Å²) in [6.07, 6.45) is 5.93. The number of unbranched alkanes of at least 4 members (excludes halogenated alkanes) is 2. The van der Waals surface area contributed by atoms with E-state index in [1.54, 1.807) is 74.8 Å². The van der Waals surface area contributed by atoms with Gasteiger partial charge < -0.3 is 125 Å². The van der Waals surface area contributed by atoms with Crippen molar-refractivity contribution in [2.24, 2.45) is 23.1 Å². The molecule has 15 atom stereocenters. The van der Waals surface area contributed by atoms with E-state index in [0.29, 0.717) is 87.9 Å². The molecule has 0 radical (unpaired) electrons. The number of para-hydroxylation sites is 2. The number of rotatable bonds is 28. The van der Waals surface area contributed by atoms with Gasteiger partial charge in [-0.3, -0.25) is 92.2 Å². The normalized spacial score (nSPS) is 24.7. The molecule has 44 nitrogen and oxygen atoms in total. The van der Waals surface area contributed by atoms with Crippen molar-refractivity contribution < 1.29 is 96.8 Å². The molecule has 16 amide bonds. The molecule has 6 aromatic rings. The van der Waals surface area contributed by atoms with E-state index in [0.717, 1.165) is 19.6 Å². The number of hydrogen-bond acceptors (Lipinski definition) is 24. The van der Waals surface area contributed by atoms with Gasteiger partial charge in [-0.25, -0.2) is 4.98 Å². The summed E-state index contributed by atoms with van der Waals surface area (Å²) in [5.41, 5.74) is 17.9. The number of benzene rings is 3. The summed E-state index contributed by atoms with van der Waals surface area (Å²) in [5, 5.41) is 70.5. The number of phenols is 1. The number of aromatic nitrogens is 4. The molecule has 0 spiro atoms. The van der Waals surface area contributed by atoms with Gasteiger partial charge in [0.25, 0.3) is 0 Å². The Bertz CT molecular complexity index is 5270. The number of carbonyl (C=O) groups is 17. The van der Waals surface area contributed by atoms with E-state index in [1.807, 2.05) is 13.8 Å². The van der Waals surface area contributed by atoms with Crippen molar-refractivity contribution in [2.75, 3.05) is 65.5 Å². The highest BCUT2D eigenvalue weighted by atomic mass is 32.2. The number of guanidine groups is 1. The van der Waals surface area contributed by atoms with Crippen LogP contribution < -0.4 is 75.7 Å². The first kappa shape index (κ1) is 107. The van der Waals surface area contributed by atoms with Gasteiger partial charge in [0, 0.05) is 112 Å². The number of H-pyrrole nitrogens is 3. The summed E-state index contributed by atoms with van der Waals surface area (Å²) in [6, 6.07) is -2.46. The molecular formula is C92H130N24O20S. The summed E-state index contributed by atoms with van der Waals surface area (Å²) in [7, 11) is 3.89. The summed E-state index contributed by atoms with van der Waals surface area (Å²) < 4.78 is 0. The summed E-state index contributed by atoms with van der Waals surface area (Å²) >= 11 is 0.713. The van der Waals surface area contributed by atoms with Crippen LogP contribution >= 0.6 is 11.8 Å². The number of carbonyl (C=O) groups excluding carboxylic acids is 17. The maximum absolute atomic E-state index is 15.8. The Kier molecular flexibility index (Phi) is 39.8. The topological polar surface area (TPSA) is 662 Å². The molecule has 6 heterocycles. The second-order valence-corrected chi connectivity index (χ2v) is 36.3. The van der Waals surface area contributed by atoms with E-state index in [-0.39, 0.29) is 115 Å². The molecule has 0 bridgehead atoms. The molecule has 3 fully saturated rings. The zero-order chi connectivity index (χ0) is 100. The number of aromatic amines is 3. The highest BCUT2D eigenvalue weighted by Crippen LogP contribution is 2.31. The molecular weight excluding hydrogens is 1790 g/mol. The molecule has 3 aliphatic rings. The minimum absolute atomic E-state index is 0.00444. The molecule has 137 heavy (non-hydrogen) atoms. The van der Waals surface area contributed by atoms with Crippen molar-refractivity contribution in [1.82, 2.24) is 103 Å². The van der Waals surface area contributed by atoms with Gasteiger partial charge in [0.15, 0.2) is 17.9 Å². The number of aliphatic hydroxyl groups is 2. The Hall–Kier alpha value is -13.6. The van der Waals surface area contributed by atoms with Crippen LogP contribution in [0.15, 0.2) is 97.7 Å². The van der Waals surface area contributed by atoms with E-state index in [9.17, 15) is 58.5 Å². The number of aldehydes is 1. The van der Waals surface area contributed by atoms with Crippen molar-refractivity contribution in [3.8, 4) is 5.75 Å². The summed E-state index contributed by atoms with van der Waals surface area (Å²) in [4.78, 5) is 271. The second kappa shape index (κ2) is 50.9. The van der Waals surface area contributed by atoms with Gasteiger partial charge in [-0.05, 0) is 118 Å². The summed E-state index contributed by atoms with van der Waals surface area (Å²) in [6.45, 7) is 6.10. The van der Waals surface area contributed by atoms with Gasteiger partial charge in [-0.1, -0.05) is 102 Å². The van der Waals surface area contributed by atoms with Crippen LogP contribution in [0.4, 0.5) is 0 Å². The number of likely N-dealkylation sites (N-methyl/N-ethyl adjacent to an activating group) is 3. The molecule has 744 valence electrons. The Morgan fingerprint density at radius 1 is 0.599 bits per heavy atom. The molecule has 0 saturated carbocycles. The van der Waals surface area contributed by atoms with Crippen molar-refractivity contribution in [3.05, 3.63) is 120 Å². The minimum Gasteiger partial charge on any atom is -0.508 e. The molecule has 3 aliphatic heterocycles. The average Bonchev–Trinajstić information content (AvgIpc) is 1.65. The number of aliphatic hydroxyl groups excluding tert-OH is 2. The molecule has 9 rings (SSSR count). The molecule has 3 aromatic carbocycles. The van der Waals surface area contributed by atoms with Gasteiger partial charge in [-0.15, -0.1) is 11.8 Å². The zero-order valence-corrected chi connectivity index (χ0v) is 79.1. The molecule has 24 N–H and O–H groups in total. The fraction of sp³-hybridized carbons (Fsp3) is 0.533. The lowest BCUT2D eigenvalue weighted by Gasteiger charge is -2.39. The lowest BCUT2D eigenvalue weighted by molar-refractivity contribution is -0.149. The van der Waals surface area contributed by atoms with Crippen LogP contribution in [0.25, 0.3) is 21.8 Å². The standard InChI is InChI=1S/C92H130N24O20S/c1-9-11-25-72-84(130)103-62(24-17-33-98-91(95)96)79(125)110-71(83(129)108-69(45-117)77(94)123)47-137-48-76(122)102-66(37-53-28-30-57(120)31-29-53)86(132)112(6)52(5)78(124)105-68(41-75(93)121)88(134)115-34-18-27-73(115)85(131)104-63(40-56-44-97-50-101-56)80(126)106-65(36-51(3)4)89(135)116-35-19-32-92(116,49-119)111-64(38-54-42-99-60-22-15-13-20-58(54)60)81(127)109-70(46-118)82(128)107-67(39-55-43-100-61-23-16-14-21-59(55)61)87(133)114(8)74(26-12-10-2)90(136)113(72)7/h13-16,20-23,28-31,42-44,49-52,62-74,99-100,111,117-118,120H,9-12,17-19,24-27,32-41,45-48H2,1-8H3,(H2,93,121)(H2,94,123)(H,97,101)(H,102,122)(H,103,130)(H,104,131)(H,105,124)(H,106,126)(H,107,128)(H,108,129)(H,109,127)(H,110,125)(H4,95,96,98)/t52-,62-,63-,64-,65-,66-,67-,68-,69-,70-,71?,72-,73-,74-,92?/m0/s1. The lowest BCUT2D eigenvalue weighted by atomic mass is 9.98. The average molecular weight is 1920 g/mol. The van der Waals surface area contributed by atoms with Crippen LogP contribution in [0.3, 0.4) is 0 Å². The number of thioether (sulfide) groups is 1. The number of phenolic OH excluding ortho intramolecular Hbond substituents is 1. The van der Waals surface area contributed by atoms with Crippen LogP contribution in [-0.2, 0) is 107 Å². The number of nitrogens with zero attached hydrogens (tertiary/aromatic N) is 6. The predicted molar refractivity (Wildman–Crippen MR) is 504 cm³/mol. The van der Waals surface area contributed by atoms with Crippen LogP contribution in [-0.4, -0.2) is 322 Å². The zero-order valence-electron chi connectivity index (χ0n) is 78.3. The Balaban J connectivity index is 1.12. The number of nitrogens with one attached hydrogen (secondary N) is 15. The molecule has 3 saturated heterocycles. The van der Waals surface area contributed by atoms with Crippen molar-refractivity contribution in [3.63, 3.8) is 0 Å².